The second kappa shape index (κ2) is 6.41. The largest absolute Gasteiger partial charge is 0.387 e. The molecule has 1 unspecified atom stereocenters. The van der Waals surface area contributed by atoms with E-state index in [0.29, 0.717) is 12.5 Å². The first-order valence-corrected chi connectivity index (χ1v) is 5.71. The summed E-state index contributed by atoms with van der Waals surface area (Å²) in [5.41, 5.74) is -0.647. The van der Waals surface area contributed by atoms with Crippen molar-refractivity contribution in [3.8, 4) is 0 Å². The molecule has 86 valence electrons. The van der Waals surface area contributed by atoms with Crippen molar-refractivity contribution in [2.24, 2.45) is 11.8 Å². The van der Waals surface area contributed by atoms with Gasteiger partial charge in [0.05, 0.1) is 12.2 Å². The van der Waals surface area contributed by atoms with Crippen molar-refractivity contribution in [3.63, 3.8) is 0 Å². The molecule has 2 nitrogen and oxygen atoms in total. The van der Waals surface area contributed by atoms with Crippen molar-refractivity contribution in [2.45, 2.75) is 52.6 Å². The molecule has 0 bridgehead atoms. The van der Waals surface area contributed by atoms with Crippen LogP contribution in [0.4, 0.5) is 0 Å². The van der Waals surface area contributed by atoms with E-state index in [1.165, 1.54) is 0 Å². The minimum atomic E-state index is -0.647. The van der Waals surface area contributed by atoms with E-state index >= 15 is 0 Å². The number of hydrogen-bond acceptors (Lipinski definition) is 2. The summed E-state index contributed by atoms with van der Waals surface area (Å²) in [6.45, 7) is 8.92. The van der Waals surface area contributed by atoms with Crippen LogP contribution >= 0.6 is 0 Å². The molecule has 0 aliphatic heterocycles. The van der Waals surface area contributed by atoms with E-state index in [9.17, 15) is 5.11 Å². The van der Waals surface area contributed by atoms with Crippen molar-refractivity contribution in [3.05, 3.63) is 0 Å². The van der Waals surface area contributed by atoms with E-state index in [4.69, 9.17) is 4.74 Å². The summed E-state index contributed by atoms with van der Waals surface area (Å²) in [5, 5.41) is 10.4. The van der Waals surface area contributed by atoms with Crippen molar-refractivity contribution < 1.29 is 9.84 Å². The molecule has 1 N–H and O–H groups in total. The van der Waals surface area contributed by atoms with E-state index in [-0.39, 0.29) is 5.92 Å². The highest BCUT2D eigenvalue weighted by molar-refractivity contribution is 4.84. The normalized spacial score (nSPS) is 16.3. The summed E-state index contributed by atoms with van der Waals surface area (Å²) in [4.78, 5) is 0. The van der Waals surface area contributed by atoms with Crippen LogP contribution < -0.4 is 0 Å². The average Bonchev–Trinajstić information content (AvgIpc) is 2.14. The Morgan fingerprint density at radius 3 is 2.00 bits per heavy atom. The lowest BCUT2D eigenvalue weighted by molar-refractivity contribution is -0.0802. The molecule has 14 heavy (non-hydrogen) atoms. The fraction of sp³-hybridized carbons (Fsp3) is 1.00. The Hall–Kier alpha value is -0.0800. The van der Waals surface area contributed by atoms with Gasteiger partial charge in [-0.05, 0) is 18.3 Å². The highest BCUT2D eigenvalue weighted by Gasteiger charge is 2.32. The van der Waals surface area contributed by atoms with Crippen LogP contribution in [0, 0.1) is 11.8 Å². The molecule has 0 aliphatic carbocycles. The zero-order valence-electron chi connectivity index (χ0n) is 10.3. The fourth-order valence-corrected chi connectivity index (χ4v) is 1.79. The first-order chi connectivity index (χ1) is 6.50. The van der Waals surface area contributed by atoms with Crippen molar-refractivity contribution in [1.82, 2.24) is 0 Å². The summed E-state index contributed by atoms with van der Waals surface area (Å²) in [6.07, 6.45) is 3.12. The van der Waals surface area contributed by atoms with Gasteiger partial charge < -0.3 is 9.84 Å². The lowest BCUT2D eigenvalue weighted by atomic mass is 9.80. The van der Waals surface area contributed by atoms with Gasteiger partial charge in [-0.1, -0.05) is 40.5 Å². The second-order valence-electron chi connectivity index (χ2n) is 4.58. The van der Waals surface area contributed by atoms with Gasteiger partial charge in [0.1, 0.15) is 0 Å². The molecule has 0 saturated carbocycles. The predicted octanol–water partition coefficient (Wildman–Crippen LogP) is 2.85. The maximum absolute atomic E-state index is 10.4. The van der Waals surface area contributed by atoms with Gasteiger partial charge >= 0.3 is 0 Å². The van der Waals surface area contributed by atoms with Gasteiger partial charge in [-0.2, -0.15) is 0 Å². The van der Waals surface area contributed by atoms with Crippen LogP contribution in [-0.4, -0.2) is 24.4 Å². The summed E-state index contributed by atoms with van der Waals surface area (Å²) in [5.74, 6) is 0.862. The smallest absolute Gasteiger partial charge is 0.0905 e. The molecule has 0 aromatic rings. The zero-order chi connectivity index (χ0) is 11.2. The van der Waals surface area contributed by atoms with Gasteiger partial charge in [0.15, 0.2) is 0 Å². The van der Waals surface area contributed by atoms with Crippen molar-refractivity contribution in [1.29, 1.82) is 0 Å². The topological polar surface area (TPSA) is 29.5 Å². The molecule has 0 rings (SSSR count). The predicted molar refractivity (Wildman–Crippen MR) is 60.4 cm³/mol. The molecule has 0 amide bonds. The monoisotopic (exact) mass is 202 g/mol. The van der Waals surface area contributed by atoms with E-state index in [0.717, 1.165) is 19.3 Å². The quantitative estimate of drug-likeness (QED) is 0.688. The molecule has 0 aliphatic rings. The highest BCUT2D eigenvalue weighted by Crippen LogP contribution is 2.28. The summed E-state index contributed by atoms with van der Waals surface area (Å²) < 4.78 is 5.11. The van der Waals surface area contributed by atoms with Gasteiger partial charge in [-0.25, -0.2) is 0 Å². The minimum Gasteiger partial charge on any atom is -0.387 e. The molecular formula is C12H26O2. The van der Waals surface area contributed by atoms with Gasteiger partial charge in [0.2, 0.25) is 0 Å². The first-order valence-electron chi connectivity index (χ1n) is 5.71. The third-order valence-electron chi connectivity index (χ3n) is 3.27. The Balaban J connectivity index is 4.34. The van der Waals surface area contributed by atoms with Gasteiger partial charge in [-0.3, -0.25) is 0 Å². The Labute approximate surface area is 88.7 Å². The number of methoxy groups -OCH3 is 1. The molecular weight excluding hydrogens is 176 g/mol. The van der Waals surface area contributed by atoms with Crippen molar-refractivity contribution >= 4 is 0 Å². The summed E-state index contributed by atoms with van der Waals surface area (Å²) in [6, 6.07) is 0. The Morgan fingerprint density at radius 2 is 1.71 bits per heavy atom. The molecule has 1 atom stereocenters. The molecule has 0 aromatic heterocycles. The average molecular weight is 202 g/mol. The van der Waals surface area contributed by atoms with E-state index in [1.807, 2.05) is 0 Å². The van der Waals surface area contributed by atoms with Crippen LogP contribution in [0.3, 0.4) is 0 Å². The molecule has 0 heterocycles. The van der Waals surface area contributed by atoms with E-state index in [2.05, 4.69) is 27.7 Å². The van der Waals surface area contributed by atoms with Gasteiger partial charge in [-0.15, -0.1) is 0 Å². The molecule has 0 fully saturated rings. The summed E-state index contributed by atoms with van der Waals surface area (Å²) in [7, 11) is 1.65. The molecule has 0 aromatic carbocycles. The van der Waals surface area contributed by atoms with Gasteiger partial charge in [0, 0.05) is 7.11 Å². The maximum Gasteiger partial charge on any atom is 0.0905 e. The fourth-order valence-electron chi connectivity index (χ4n) is 1.79. The Bertz CT molecular complexity index is 141. The van der Waals surface area contributed by atoms with Crippen LogP contribution in [0.15, 0.2) is 0 Å². The Kier molecular flexibility index (Phi) is 6.38. The van der Waals surface area contributed by atoms with Crippen LogP contribution in [0.5, 0.6) is 0 Å². The Morgan fingerprint density at radius 1 is 1.21 bits per heavy atom. The molecule has 0 radical (unpaired) electrons. The number of rotatable bonds is 7. The minimum absolute atomic E-state index is 0.253. The molecule has 0 spiro atoms. The SMILES string of the molecule is CCC(CC)CC(O)(COC)C(C)C. The van der Waals surface area contributed by atoms with Crippen molar-refractivity contribution in [2.75, 3.05) is 13.7 Å². The molecule has 0 saturated heterocycles. The second-order valence-corrected chi connectivity index (χ2v) is 4.58. The number of hydrogen-bond donors (Lipinski definition) is 1. The standard InChI is InChI=1S/C12H26O2/c1-6-11(7-2)8-12(13,9-14-5)10(3)4/h10-11,13H,6-9H2,1-5H3. The molecule has 2 heteroatoms. The third kappa shape index (κ3) is 3.97. The number of ether oxygens (including phenoxy) is 1. The lowest BCUT2D eigenvalue weighted by Gasteiger charge is -2.34. The summed E-state index contributed by atoms with van der Waals surface area (Å²) >= 11 is 0. The third-order valence-corrected chi connectivity index (χ3v) is 3.27. The zero-order valence-corrected chi connectivity index (χ0v) is 10.3. The van der Waals surface area contributed by atoms with E-state index in [1.54, 1.807) is 7.11 Å². The number of aliphatic hydroxyl groups is 1. The first kappa shape index (κ1) is 13.9. The van der Waals surface area contributed by atoms with E-state index < -0.39 is 5.60 Å². The van der Waals surface area contributed by atoms with Gasteiger partial charge in [0.25, 0.3) is 0 Å². The van der Waals surface area contributed by atoms with Crippen LogP contribution in [0.2, 0.25) is 0 Å². The lowest BCUT2D eigenvalue weighted by Crippen LogP contribution is -2.41. The van der Waals surface area contributed by atoms with Crippen LogP contribution in [-0.2, 0) is 4.74 Å². The highest BCUT2D eigenvalue weighted by atomic mass is 16.5. The van der Waals surface area contributed by atoms with Crippen LogP contribution in [0.25, 0.3) is 0 Å². The maximum atomic E-state index is 10.4. The van der Waals surface area contributed by atoms with Crippen LogP contribution in [0.1, 0.15) is 47.0 Å².